The number of likely N-dealkylation sites (tertiary alicyclic amines) is 1. The van der Waals surface area contributed by atoms with Crippen LogP contribution in [0.15, 0.2) is 36.5 Å². The van der Waals surface area contributed by atoms with Crippen LogP contribution < -0.4 is 0 Å². The molecule has 1 unspecified atom stereocenters. The van der Waals surface area contributed by atoms with E-state index in [0.717, 1.165) is 37.3 Å². The van der Waals surface area contributed by atoms with Gasteiger partial charge in [-0.15, -0.1) is 0 Å². The second-order valence-electron chi connectivity index (χ2n) is 7.14. The number of hydrogen-bond donors (Lipinski definition) is 0. The normalized spacial score (nSPS) is 17.7. The van der Waals surface area contributed by atoms with Gasteiger partial charge in [-0.05, 0) is 38.7 Å². The Hall–Kier alpha value is -2.10. The highest BCUT2D eigenvalue weighted by Gasteiger charge is 2.27. The number of benzene rings is 1. The van der Waals surface area contributed by atoms with Crippen LogP contribution >= 0.6 is 0 Å². The van der Waals surface area contributed by atoms with Crippen molar-refractivity contribution < 1.29 is 4.79 Å². The molecule has 1 aliphatic rings. The second kappa shape index (κ2) is 7.20. The summed E-state index contributed by atoms with van der Waals surface area (Å²) in [6.07, 6.45) is 4.50. The van der Waals surface area contributed by atoms with Gasteiger partial charge in [0.15, 0.2) is 0 Å². The van der Waals surface area contributed by atoms with Crippen molar-refractivity contribution in [3.63, 3.8) is 0 Å². The first-order chi connectivity index (χ1) is 11.5. The molecule has 2 heterocycles. The molecule has 4 nitrogen and oxygen atoms in total. The minimum atomic E-state index is 0.243. The van der Waals surface area contributed by atoms with Crippen LogP contribution in [0.5, 0.6) is 0 Å². The first kappa shape index (κ1) is 16.7. The summed E-state index contributed by atoms with van der Waals surface area (Å²) in [4.78, 5) is 19.1. The molecule has 1 atom stereocenters. The molecule has 1 aromatic heterocycles. The molecule has 1 aromatic carbocycles. The molecule has 128 valence electrons. The van der Waals surface area contributed by atoms with Gasteiger partial charge in [0.1, 0.15) is 5.82 Å². The summed E-state index contributed by atoms with van der Waals surface area (Å²) in [6.45, 7) is 8.24. The number of carbonyl (C=O) groups is 1. The molecule has 0 bridgehead atoms. The van der Waals surface area contributed by atoms with E-state index in [1.165, 1.54) is 5.69 Å². The Kier molecular flexibility index (Phi) is 5.03. The van der Waals surface area contributed by atoms with E-state index < -0.39 is 0 Å². The summed E-state index contributed by atoms with van der Waals surface area (Å²) < 4.78 is 2.31. The second-order valence-corrected chi connectivity index (χ2v) is 7.14. The van der Waals surface area contributed by atoms with Crippen molar-refractivity contribution in [2.45, 2.75) is 46.1 Å². The Labute approximate surface area is 144 Å². The van der Waals surface area contributed by atoms with Gasteiger partial charge in [0.05, 0.1) is 6.42 Å². The first-order valence-electron chi connectivity index (χ1n) is 8.89. The first-order valence-corrected chi connectivity index (χ1v) is 8.89. The topological polar surface area (TPSA) is 38.1 Å². The maximum atomic E-state index is 12.5. The molecule has 1 fully saturated rings. The van der Waals surface area contributed by atoms with Gasteiger partial charge in [-0.25, -0.2) is 4.98 Å². The quantitative estimate of drug-likeness (QED) is 0.845. The van der Waals surface area contributed by atoms with E-state index in [2.05, 4.69) is 30.3 Å². The zero-order chi connectivity index (χ0) is 17.1. The van der Waals surface area contributed by atoms with Crippen molar-refractivity contribution in [2.75, 3.05) is 13.1 Å². The summed E-state index contributed by atoms with van der Waals surface area (Å²) in [5.74, 6) is 1.92. The third-order valence-electron chi connectivity index (χ3n) is 4.88. The summed E-state index contributed by atoms with van der Waals surface area (Å²) >= 11 is 0. The van der Waals surface area contributed by atoms with E-state index in [1.807, 2.05) is 41.4 Å². The van der Waals surface area contributed by atoms with Crippen LogP contribution in [-0.2, 0) is 17.6 Å². The Morgan fingerprint density at radius 1 is 1.29 bits per heavy atom. The molecule has 0 saturated carbocycles. The predicted octanol–water partition coefficient (Wildman–Crippen LogP) is 3.41. The lowest BCUT2D eigenvalue weighted by Crippen LogP contribution is -2.30. The summed E-state index contributed by atoms with van der Waals surface area (Å²) in [6, 6.07) is 10.4. The number of aromatic nitrogens is 2. The van der Waals surface area contributed by atoms with Gasteiger partial charge in [-0.1, -0.05) is 30.3 Å². The lowest BCUT2D eigenvalue weighted by Gasteiger charge is -2.18. The fourth-order valence-corrected chi connectivity index (χ4v) is 3.72. The number of rotatable bonds is 5. The number of carbonyl (C=O) groups excluding carboxylic acids is 1. The van der Waals surface area contributed by atoms with Crippen molar-refractivity contribution >= 4 is 5.91 Å². The van der Waals surface area contributed by atoms with Gasteiger partial charge in [0.2, 0.25) is 5.91 Å². The third-order valence-corrected chi connectivity index (χ3v) is 4.88. The summed E-state index contributed by atoms with van der Waals surface area (Å²) in [7, 11) is 0. The van der Waals surface area contributed by atoms with Crippen molar-refractivity contribution in [3.05, 3.63) is 53.6 Å². The minimum absolute atomic E-state index is 0.243. The molecule has 0 spiro atoms. The monoisotopic (exact) mass is 325 g/mol. The lowest BCUT2D eigenvalue weighted by atomic mass is 10.0. The number of hydrogen-bond acceptors (Lipinski definition) is 2. The zero-order valence-electron chi connectivity index (χ0n) is 14.9. The summed E-state index contributed by atoms with van der Waals surface area (Å²) in [5, 5.41) is 0. The Morgan fingerprint density at radius 2 is 2.04 bits per heavy atom. The standard InChI is InChI=1S/C20H27N3O/c1-15(2)23-16(3)13-21-19(23)11-18-9-10-22(14-18)20(24)12-17-7-5-4-6-8-17/h4-8,13,15,18H,9-12,14H2,1-3H3. The van der Waals surface area contributed by atoms with Crippen molar-refractivity contribution in [3.8, 4) is 0 Å². The van der Waals surface area contributed by atoms with Gasteiger partial charge in [-0.3, -0.25) is 4.79 Å². The average molecular weight is 325 g/mol. The molecule has 1 amide bonds. The van der Waals surface area contributed by atoms with Gasteiger partial charge < -0.3 is 9.47 Å². The highest BCUT2D eigenvalue weighted by molar-refractivity contribution is 5.79. The number of nitrogens with zero attached hydrogens (tertiary/aromatic N) is 3. The molecule has 24 heavy (non-hydrogen) atoms. The maximum absolute atomic E-state index is 12.5. The Bertz CT molecular complexity index is 690. The van der Waals surface area contributed by atoms with Gasteiger partial charge in [-0.2, -0.15) is 0 Å². The van der Waals surface area contributed by atoms with E-state index in [4.69, 9.17) is 0 Å². The Balaban J connectivity index is 1.59. The van der Waals surface area contributed by atoms with Crippen LogP contribution in [0.3, 0.4) is 0 Å². The molecule has 3 rings (SSSR count). The molecule has 2 aromatic rings. The van der Waals surface area contributed by atoms with E-state index in [1.54, 1.807) is 0 Å². The molecular weight excluding hydrogens is 298 g/mol. The molecule has 1 saturated heterocycles. The van der Waals surface area contributed by atoms with Crippen LogP contribution in [0.1, 0.15) is 43.4 Å². The number of aryl methyl sites for hydroxylation is 1. The average Bonchev–Trinajstić information content (AvgIpc) is 3.16. The highest BCUT2D eigenvalue weighted by atomic mass is 16.2. The van der Waals surface area contributed by atoms with Crippen LogP contribution in [0.2, 0.25) is 0 Å². The summed E-state index contributed by atoms with van der Waals surface area (Å²) in [5.41, 5.74) is 2.31. The molecule has 0 radical (unpaired) electrons. The number of amides is 1. The Morgan fingerprint density at radius 3 is 2.75 bits per heavy atom. The van der Waals surface area contributed by atoms with Crippen LogP contribution in [-0.4, -0.2) is 33.4 Å². The van der Waals surface area contributed by atoms with Crippen LogP contribution in [0.25, 0.3) is 0 Å². The minimum Gasteiger partial charge on any atom is -0.342 e. The molecular formula is C20H27N3O. The fraction of sp³-hybridized carbons (Fsp3) is 0.500. The van der Waals surface area contributed by atoms with E-state index in [9.17, 15) is 4.79 Å². The zero-order valence-corrected chi connectivity index (χ0v) is 14.9. The third kappa shape index (κ3) is 3.69. The molecule has 1 aliphatic heterocycles. The molecule has 4 heteroatoms. The molecule has 0 aliphatic carbocycles. The van der Waals surface area contributed by atoms with Crippen molar-refractivity contribution in [1.29, 1.82) is 0 Å². The maximum Gasteiger partial charge on any atom is 0.226 e. The lowest BCUT2D eigenvalue weighted by molar-refractivity contribution is -0.129. The van der Waals surface area contributed by atoms with E-state index >= 15 is 0 Å². The highest BCUT2D eigenvalue weighted by Crippen LogP contribution is 2.23. The number of imidazole rings is 1. The SMILES string of the molecule is Cc1cnc(CC2CCN(C(=O)Cc3ccccc3)C2)n1C(C)C. The largest absolute Gasteiger partial charge is 0.342 e. The van der Waals surface area contributed by atoms with Crippen molar-refractivity contribution in [1.82, 2.24) is 14.5 Å². The van der Waals surface area contributed by atoms with E-state index in [0.29, 0.717) is 18.4 Å². The van der Waals surface area contributed by atoms with Crippen LogP contribution in [0, 0.1) is 12.8 Å². The van der Waals surface area contributed by atoms with E-state index in [-0.39, 0.29) is 5.91 Å². The van der Waals surface area contributed by atoms with Gasteiger partial charge >= 0.3 is 0 Å². The van der Waals surface area contributed by atoms with Gasteiger partial charge in [0.25, 0.3) is 0 Å². The fourth-order valence-electron chi connectivity index (χ4n) is 3.72. The van der Waals surface area contributed by atoms with Crippen molar-refractivity contribution in [2.24, 2.45) is 5.92 Å². The smallest absolute Gasteiger partial charge is 0.226 e. The van der Waals surface area contributed by atoms with Gasteiger partial charge in [0, 0.05) is 37.4 Å². The predicted molar refractivity (Wildman–Crippen MR) is 95.9 cm³/mol. The van der Waals surface area contributed by atoms with Crippen LogP contribution in [0.4, 0.5) is 0 Å². The molecule has 0 N–H and O–H groups in total.